The summed E-state index contributed by atoms with van der Waals surface area (Å²) in [4.78, 5) is 91.1. The molecule has 11 atom stereocenters. The van der Waals surface area contributed by atoms with Gasteiger partial charge in [0.15, 0.2) is 18.3 Å². The van der Waals surface area contributed by atoms with Gasteiger partial charge < -0.3 is 65.5 Å². The minimum atomic E-state index is -1.91. The summed E-state index contributed by atoms with van der Waals surface area (Å²) >= 11 is 0. The number of nitrogens with two attached hydrogens (primary N) is 2. The number of aliphatic hydroxyl groups is 2. The molecule has 1 heterocycles. The van der Waals surface area contributed by atoms with E-state index in [1.807, 2.05) is 12.1 Å². The predicted molar refractivity (Wildman–Crippen MR) is 262 cm³/mol. The number of primary amides is 1. The summed E-state index contributed by atoms with van der Waals surface area (Å²) in [6.07, 6.45) is -1.63. The van der Waals surface area contributed by atoms with Crippen LogP contribution < -0.4 is 32.2 Å². The molecule has 5 rings (SSSR count). The van der Waals surface area contributed by atoms with E-state index in [4.69, 9.17) is 44.6 Å². The molecule has 0 bridgehead atoms. The number of esters is 3. The topological polar surface area (TPSA) is 316 Å². The minimum Gasteiger partial charge on any atom is -0.469 e. The average molecular weight is 1030 g/mol. The number of nitrogens with zero attached hydrogens (tertiary/aromatic N) is 1. The fraction of sp³-hybridized carbons (Fsp3) is 0.588. The standard InChI is InChI=1S/C51H72N6O16/c1-28(2)42(46(53)62)57(5)51(66)70-26-31-18-19-40(73-49-43(61)45(72-30(4)59)44(71-29(3)58)36(21-24-68-49)48(64)67-6)39(25-31)55-41(60)20-23-54-47(63)38(17-11-12-22-52)56-50(65)69-27-37-34-15-9-7-13-32(34)33-14-8-10-16-35(33)37/h7,9-10,13,15-16,18-19,25,28,33,35-38,42-45,49-50,56,61,65H,8,11-12,14,17,20-24,26-27,52H2,1-6H3,(H2,53,62)(H,54,63)(H,55,60)/t33?,35?,36-,37?,38-,42-,43+,44+,45+,49-,50?/m0/s1. The Morgan fingerprint density at radius 3 is 2.34 bits per heavy atom. The van der Waals surface area contributed by atoms with Gasteiger partial charge in [-0.1, -0.05) is 62.8 Å². The van der Waals surface area contributed by atoms with Crippen molar-refractivity contribution < 1.29 is 76.9 Å². The molecule has 0 spiro atoms. The van der Waals surface area contributed by atoms with Crippen molar-refractivity contribution in [2.45, 2.75) is 134 Å². The van der Waals surface area contributed by atoms with Crippen molar-refractivity contribution in [3.8, 4) is 5.75 Å². The first kappa shape index (κ1) is 57.7. The van der Waals surface area contributed by atoms with Crippen molar-refractivity contribution in [1.82, 2.24) is 15.5 Å². The lowest BCUT2D eigenvalue weighted by molar-refractivity contribution is -0.228. The third kappa shape index (κ3) is 15.9. The fourth-order valence-electron chi connectivity index (χ4n) is 9.71. The highest BCUT2D eigenvalue weighted by Gasteiger charge is 2.48. The van der Waals surface area contributed by atoms with Gasteiger partial charge in [0.2, 0.25) is 30.4 Å². The molecule has 9 N–H and O–H groups in total. The molecule has 1 aliphatic heterocycles. The van der Waals surface area contributed by atoms with Crippen LogP contribution in [0, 0.1) is 17.8 Å². The Morgan fingerprint density at radius 2 is 1.67 bits per heavy atom. The van der Waals surface area contributed by atoms with Crippen LogP contribution in [0.2, 0.25) is 0 Å². The minimum absolute atomic E-state index is 0.0252. The van der Waals surface area contributed by atoms with Gasteiger partial charge in [0.25, 0.3) is 0 Å². The fourth-order valence-corrected chi connectivity index (χ4v) is 9.71. The second kappa shape index (κ2) is 27.8. The SMILES string of the molecule is COC(=O)[C@H]1CCO[C@@H](Oc2ccc(COC(=O)N(C)[C@H](C(N)=O)C(C)C)cc2NC(=O)CCNC(=O)[C@H](CCCCN)NC(O)OCC2c3ccccc3C3CCC=CC32)[C@H](O)[C@@H](OC(C)=O)[C@@H]1OC(C)=O. The van der Waals surface area contributed by atoms with E-state index in [9.17, 15) is 43.8 Å². The predicted octanol–water partition coefficient (Wildman–Crippen LogP) is 2.58. The zero-order chi connectivity index (χ0) is 53.4. The number of benzene rings is 2. The van der Waals surface area contributed by atoms with E-state index >= 15 is 0 Å². The van der Waals surface area contributed by atoms with E-state index in [0.29, 0.717) is 37.3 Å². The quantitative estimate of drug-likeness (QED) is 0.0261. The maximum atomic E-state index is 13.7. The molecule has 2 aromatic carbocycles. The maximum absolute atomic E-state index is 13.7. The molecular weight excluding hydrogens is 953 g/mol. The zero-order valence-corrected chi connectivity index (χ0v) is 42.3. The van der Waals surface area contributed by atoms with E-state index in [2.05, 4.69) is 40.2 Å². The number of ether oxygens (including phenoxy) is 7. The van der Waals surface area contributed by atoms with Gasteiger partial charge in [-0.25, -0.2) is 4.79 Å². The van der Waals surface area contributed by atoms with Crippen LogP contribution in [0.25, 0.3) is 0 Å². The summed E-state index contributed by atoms with van der Waals surface area (Å²) in [6.45, 7) is 5.40. The highest BCUT2D eigenvalue weighted by molar-refractivity contribution is 5.93. The zero-order valence-electron chi connectivity index (χ0n) is 42.3. The van der Waals surface area contributed by atoms with Gasteiger partial charge in [-0.15, -0.1) is 0 Å². The van der Waals surface area contributed by atoms with E-state index in [0.717, 1.165) is 38.7 Å². The van der Waals surface area contributed by atoms with E-state index in [1.165, 1.54) is 36.4 Å². The summed E-state index contributed by atoms with van der Waals surface area (Å²) in [6, 6.07) is 10.7. The number of allylic oxidation sites excluding steroid dienone is 2. The summed E-state index contributed by atoms with van der Waals surface area (Å²) in [7, 11) is 2.49. The second-order valence-electron chi connectivity index (χ2n) is 18.7. The lowest BCUT2D eigenvalue weighted by atomic mass is 9.81. The first-order valence-electron chi connectivity index (χ1n) is 24.6. The molecule has 3 aliphatic rings. The van der Waals surface area contributed by atoms with Crippen LogP contribution in [-0.4, -0.2) is 140 Å². The Balaban J connectivity index is 1.30. The Bertz CT molecular complexity index is 2260. The van der Waals surface area contributed by atoms with E-state index < -0.39 is 90.7 Å². The number of amides is 4. The van der Waals surface area contributed by atoms with Crippen LogP contribution in [0.4, 0.5) is 10.5 Å². The maximum Gasteiger partial charge on any atom is 0.410 e. The molecule has 22 heteroatoms. The normalized spacial score (nSPS) is 23.5. The van der Waals surface area contributed by atoms with Crippen molar-refractivity contribution in [1.29, 1.82) is 0 Å². The molecule has 4 unspecified atom stereocenters. The Morgan fingerprint density at radius 1 is 0.959 bits per heavy atom. The first-order chi connectivity index (χ1) is 34.8. The molecule has 2 aliphatic carbocycles. The van der Waals surface area contributed by atoms with Gasteiger partial charge in [-0.2, -0.15) is 0 Å². The number of hydrogen-bond donors (Lipinski definition) is 7. The number of anilines is 1. The number of rotatable bonds is 24. The molecular formula is C51H72N6O16. The molecule has 4 amide bonds. The monoisotopic (exact) mass is 1020 g/mol. The number of unbranched alkanes of at least 4 members (excludes halogenated alkanes) is 1. The highest BCUT2D eigenvalue weighted by atomic mass is 16.7. The Labute approximate surface area is 425 Å². The van der Waals surface area contributed by atoms with Crippen LogP contribution in [-0.2, 0) is 63.8 Å². The number of aliphatic hydroxyl groups excluding tert-OH is 2. The third-order valence-electron chi connectivity index (χ3n) is 13.1. The van der Waals surface area contributed by atoms with Crippen molar-refractivity contribution in [3.63, 3.8) is 0 Å². The number of likely N-dealkylation sites (N-methyl/N-ethyl adjacent to an activating group) is 1. The number of methoxy groups -OCH3 is 1. The Hall–Kier alpha value is -6.17. The van der Waals surface area contributed by atoms with Gasteiger partial charge in [-0.3, -0.25) is 39.0 Å². The third-order valence-corrected chi connectivity index (χ3v) is 13.1. The van der Waals surface area contributed by atoms with E-state index in [1.54, 1.807) is 13.8 Å². The molecule has 0 saturated carbocycles. The first-order valence-corrected chi connectivity index (χ1v) is 24.6. The number of hydrogen-bond acceptors (Lipinski definition) is 18. The molecule has 73 heavy (non-hydrogen) atoms. The Kier molecular flexibility index (Phi) is 22.0. The molecule has 1 saturated heterocycles. The summed E-state index contributed by atoms with van der Waals surface area (Å²) in [5.41, 5.74) is 14.1. The lowest BCUT2D eigenvalue weighted by Gasteiger charge is -2.38. The molecule has 0 aromatic heterocycles. The van der Waals surface area contributed by atoms with Crippen LogP contribution in [0.5, 0.6) is 5.75 Å². The van der Waals surface area contributed by atoms with Crippen molar-refractivity contribution in [2.24, 2.45) is 29.2 Å². The van der Waals surface area contributed by atoms with Crippen molar-refractivity contribution >= 4 is 47.4 Å². The molecule has 0 radical (unpaired) electrons. The van der Waals surface area contributed by atoms with E-state index in [-0.39, 0.29) is 68.4 Å². The van der Waals surface area contributed by atoms with Crippen LogP contribution in [0.3, 0.4) is 0 Å². The van der Waals surface area contributed by atoms with Crippen molar-refractivity contribution in [2.75, 3.05) is 45.8 Å². The van der Waals surface area contributed by atoms with Crippen LogP contribution >= 0.6 is 0 Å². The lowest BCUT2D eigenvalue weighted by Crippen LogP contribution is -2.56. The number of carbonyl (C=O) groups is 7. The highest BCUT2D eigenvalue weighted by Crippen LogP contribution is 2.51. The summed E-state index contributed by atoms with van der Waals surface area (Å²) in [5.74, 6) is -5.43. The number of carbonyl (C=O) groups excluding carboxylic acids is 7. The van der Waals surface area contributed by atoms with Gasteiger partial charge >= 0.3 is 24.0 Å². The van der Waals surface area contributed by atoms with Crippen LogP contribution in [0.15, 0.2) is 54.6 Å². The smallest absolute Gasteiger partial charge is 0.410 e. The van der Waals surface area contributed by atoms with Crippen molar-refractivity contribution in [3.05, 3.63) is 71.3 Å². The second-order valence-corrected chi connectivity index (χ2v) is 18.7. The van der Waals surface area contributed by atoms with Gasteiger partial charge in [-0.05, 0) is 85.2 Å². The summed E-state index contributed by atoms with van der Waals surface area (Å²) in [5, 5.41) is 31.1. The molecule has 1 fully saturated rings. The summed E-state index contributed by atoms with van der Waals surface area (Å²) < 4.78 is 39.2. The average Bonchev–Trinajstić information content (AvgIpc) is 3.67. The molecule has 2 aromatic rings. The number of fused-ring (bicyclic) bond motifs is 3. The van der Waals surface area contributed by atoms with Gasteiger partial charge in [0.1, 0.15) is 18.4 Å². The molecule has 402 valence electrons. The number of nitrogens with one attached hydrogen (secondary N) is 3. The largest absolute Gasteiger partial charge is 0.469 e. The van der Waals surface area contributed by atoms with Gasteiger partial charge in [0, 0.05) is 39.8 Å². The van der Waals surface area contributed by atoms with Crippen LogP contribution in [0.1, 0.15) is 101 Å². The van der Waals surface area contributed by atoms with Gasteiger partial charge in [0.05, 0.1) is 38.0 Å². The molecule has 22 nitrogen and oxygen atoms in total.